The Morgan fingerprint density at radius 2 is 2.06 bits per heavy atom. The van der Waals surface area contributed by atoms with E-state index in [-0.39, 0.29) is 0 Å². The number of hydrogen-bond donors (Lipinski definition) is 1. The average Bonchev–Trinajstić information content (AvgIpc) is 2.37. The molecule has 1 atom stereocenters. The lowest BCUT2D eigenvalue weighted by molar-refractivity contribution is 0.0653. The van der Waals surface area contributed by atoms with Crippen molar-refractivity contribution in [1.29, 1.82) is 0 Å². The van der Waals surface area contributed by atoms with Gasteiger partial charge in [0, 0.05) is 32.8 Å². The third kappa shape index (κ3) is 4.87. The van der Waals surface area contributed by atoms with Crippen LogP contribution in [0.1, 0.15) is 46.5 Å². The molecular formula is C15H32N2O. The van der Waals surface area contributed by atoms with E-state index >= 15 is 0 Å². The molecule has 0 bridgehead atoms. The van der Waals surface area contributed by atoms with Crippen molar-refractivity contribution in [3.63, 3.8) is 0 Å². The molecule has 0 aromatic rings. The van der Waals surface area contributed by atoms with Crippen molar-refractivity contribution >= 4 is 0 Å². The van der Waals surface area contributed by atoms with Crippen molar-refractivity contribution in [2.75, 3.05) is 39.9 Å². The first-order chi connectivity index (χ1) is 8.65. The average molecular weight is 256 g/mol. The lowest BCUT2D eigenvalue weighted by Crippen LogP contribution is -2.49. The molecule has 0 aliphatic carbocycles. The molecule has 3 nitrogen and oxygen atoms in total. The van der Waals surface area contributed by atoms with Crippen molar-refractivity contribution in [3.8, 4) is 0 Å². The maximum atomic E-state index is 5.28. The van der Waals surface area contributed by atoms with Crippen LogP contribution in [0.25, 0.3) is 0 Å². The van der Waals surface area contributed by atoms with Crippen molar-refractivity contribution in [2.24, 2.45) is 5.41 Å². The number of nitrogens with one attached hydrogen (secondary N) is 1. The van der Waals surface area contributed by atoms with Gasteiger partial charge < -0.3 is 10.1 Å². The quantitative estimate of drug-likeness (QED) is 0.722. The minimum atomic E-state index is 0.439. The number of ether oxygens (including phenoxy) is 1. The maximum Gasteiger partial charge on any atom is 0.0589 e. The van der Waals surface area contributed by atoms with Gasteiger partial charge in [0.05, 0.1) is 6.61 Å². The summed E-state index contributed by atoms with van der Waals surface area (Å²) in [6.07, 6.45) is 5.15. The van der Waals surface area contributed by atoms with Crippen LogP contribution in [-0.2, 0) is 4.74 Å². The summed E-state index contributed by atoms with van der Waals surface area (Å²) in [5.74, 6) is 0. The largest absolute Gasteiger partial charge is 0.383 e. The fraction of sp³-hybridized carbons (Fsp3) is 1.00. The van der Waals surface area contributed by atoms with E-state index < -0.39 is 0 Å². The van der Waals surface area contributed by atoms with E-state index in [4.69, 9.17) is 4.74 Å². The van der Waals surface area contributed by atoms with Crippen LogP contribution in [0.4, 0.5) is 0 Å². The Bertz CT molecular complexity index is 211. The first kappa shape index (κ1) is 15.9. The zero-order valence-corrected chi connectivity index (χ0v) is 12.8. The standard InChI is InChI=1S/C15H32N2O/c1-5-14(6-2)17(10-11-18-4)13-15(3)8-7-9-16-12-15/h14,16H,5-13H2,1-4H3. The molecule has 0 aromatic heterocycles. The molecule has 18 heavy (non-hydrogen) atoms. The summed E-state index contributed by atoms with van der Waals surface area (Å²) in [5.41, 5.74) is 0.439. The number of methoxy groups -OCH3 is 1. The highest BCUT2D eigenvalue weighted by Crippen LogP contribution is 2.28. The minimum Gasteiger partial charge on any atom is -0.383 e. The molecule has 1 rings (SSSR count). The molecule has 1 unspecified atom stereocenters. The third-order valence-corrected chi connectivity index (χ3v) is 4.31. The van der Waals surface area contributed by atoms with E-state index in [1.54, 1.807) is 7.11 Å². The number of piperidine rings is 1. The van der Waals surface area contributed by atoms with Gasteiger partial charge in [-0.25, -0.2) is 0 Å². The molecule has 108 valence electrons. The number of rotatable bonds is 8. The van der Waals surface area contributed by atoms with Crippen LogP contribution in [-0.4, -0.2) is 50.8 Å². The van der Waals surface area contributed by atoms with Crippen LogP contribution in [0, 0.1) is 5.41 Å². The van der Waals surface area contributed by atoms with Crippen LogP contribution in [0.2, 0.25) is 0 Å². The smallest absolute Gasteiger partial charge is 0.0589 e. The van der Waals surface area contributed by atoms with Crippen molar-refractivity contribution in [2.45, 2.75) is 52.5 Å². The van der Waals surface area contributed by atoms with Gasteiger partial charge >= 0.3 is 0 Å². The van der Waals surface area contributed by atoms with E-state index in [1.807, 2.05) is 0 Å². The Morgan fingerprint density at radius 3 is 2.56 bits per heavy atom. The predicted molar refractivity (Wildman–Crippen MR) is 78.0 cm³/mol. The summed E-state index contributed by atoms with van der Waals surface area (Å²) in [4.78, 5) is 2.65. The monoisotopic (exact) mass is 256 g/mol. The summed E-state index contributed by atoms with van der Waals surface area (Å²) in [7, 11) is 1.80. The van der Waals surface area contributed by atoms with Gasteiger partial charge in [-0.15, -0.1) is 0 Å². The highest BCUT2D eigenvalue weighted by molar-refractivity contribution is 4.86. The summed E-state index contributed by atoms with van der Waals surface area (Å²) in [5, 5.41) is 3.55. The van der Waals surface area contributed by atoms with Gasteiger partial charge in [-0.1, -0.05) is 20.8 Å². The second-order valence-electron chi connectivity index (χ2n) is 6.02. The Kier molecular flexibility index (Phi) is 7.20. The van der Waals surface area contributed by atoms with Crippen LogP contribution in [0.3, 0.4) is 0 Å². The lowest BCUT2D eigenvalue weighted by Gasteiger charge is -2.41. The summed E-state index contributed by atoms with van der Waals surface area (Å²) < 4.78 is 5.28. The van der Waals surface area contributed by atoms with Crippen molar-refractivity contribution in [1.82, 2.24) is 10.2 Å². The SMILES string of the molecule is CCC(CC)N(CCOC)CC1(C)CCCNC1. The molecular weight excluding hydrogens is 224 g/mol. The van der Waals surface area contributed by atoms with Crippen LogP contribution < -0.4 is 5.32 Å². The van der Waals surface area contributed by atoms with Crippen LogP contribution >= 0.6 is 0 Å². The Balaban J connectivity index is 2.57. The maximum absolute atomic E-state index is 5.28. The topological polar surface area (TPSA) is 24.5 Å². The van der Waals surface area contributed by atoms with E-state index in [1.165, 1.54) is 38.8 Å². The fourth-order valence-electron chi connectivity index (χ4n) is 3.15. The first-order valence-corrected chi connectivity index (χ1v) is 7.59. The number of hydrogen-bond acceptors (Lipinski definition) is 3. The van der Waals surface area contributed by atoms with Crippen LogP contribution in [0.5, 0.6) is 0 Å². The number of nitrogens with zero attached hydrogens (tertiary/aromatic N) is 1. The molecule has 1 fully saturated rings. The highest BCUT2D eigenvalue weighted by atomic mass is 16.5. The summed E-state index contributed by atoms with van der Waals surface area (Å²) in [6.45, 7) is 12.5. The Morgan fingerprint density at radius 1 is 1.33 bits per heavy atom. The van der Waals surface area contributed by atoms with E-state index in [0.717, 1.165) is 19.7 Å². The summed E-state index contributed by atoms with van der Waals surface area (Å²) >= 11 is 0. The van der Waals surface area contributed by atoms with Crippen molar-refractivity contribution in [3.05, 3.63) is 0 Å². The zero-order chi connectivity index (χ0) is 13.4. The Labute approximate surface area is 113 Å². The molecule has 0 amide bonds. The van der Waals surface area contributed by atoms with Gasteiger partial charge in [0.2, 0.25) is 0 Å². The molecule has 0 spiro atoms. The first-order valence-electron chi connectivity index (χ1n) is 7.59. The molecule has 0 aromatic carbocycles. The molecule has 0 saturated carbocycles. The highest BCUT2D eigenvalue weighted by Gasteiger charge is 2.30. The van der Waals surface area contributed by atoms with Crippen molar-refractivity contribution < 1.29 is 4.74 Å². The third-order valence-electron chi connectivity index (χ3n) is 4.31. The lowest BCUT2D eigenvalue weighted by atomic mass is 9.82. The van der Waals surface area contributed by atoms with E-state index in [0.29, 0.717) is 11.5 Å². The second kappa shape index (κ2) is 8.13. The fourth-order valence-corrected chi connectivity index (χ4v) is 3.15. The Hall–Kier alpha value is -0.120. The van der Waals surface area contributed by atoms with Gasteiger partial charge in [0.25, 0.3) is 0 Å². The van der Waals surface area contributed by atoms with E-state index in [2.05, 4.69) is 31.0 Å². The van der Waals surface area contributed by atoms with Crippen LogP contribution in [0.15, 0.2) is 0 Å². The van der Waals surface area contributed by atoms with Gasteiger partial charge in [-0.05, 0) is 37.6 Å². The predicted octanol–water partition coefficient (Wildman–Crippen LogP) is 2.51. The zero-order valence-electron chi connectivity index (χ0n) is 12.8. The molecule has 1 aliphatic rings. The normalized spacial score (nSPS) is 25.0. The molecule has 1 saturated heterocycles. The van der Waals surface area contributed by atoms with E-state index in [9.17, 15) is 0 Å². The molecule has 3 heteroatoms. The molecule has 1 heterocycles. The molecule has 1 N–H and O–H groups in total. The molecule has 0 radical (unpaired) electrons. The van der Waals surface area contributed by atoms with Gasteiger partial charge in [0.15, 0.2) is 0 Å². The summed E-state index contributed by atoms with van der Waals surface area (Å²) in [6, 6.07) is 0.707. The van der Waals surface area contributed by atoms with Gasteiger partial charge in [0.1, 0.15) is 0 Å². The molecule has 1 aliphatic heterocycles. The minimum absolute atomic E-state index is 0.439. The van der Waals surface area contributed by atoms with Gasteiger partial charge in [-0.2, -0.15) is 0 Å². The van der Waals surface area contributed by atoms with Gasteiger partial charge in [-0.3, -0.25) is 4.90 Å². The second-order valence-corrected chi connectivity index (χ2v) is 6.02.